The highest BCUT2D eigenvalue weighted by Gasteiger charge is 2.03. The van der Waals surface area contributed by atoms with E-state index in [1.165, 1.54) is 153 Å². The summed E-state index contributed by atoms with van der Waals surface area (Å²) in [6.07, 6.45) is 33.8. The highest BCUT2D eigenvalue weighted by atomic mass is 16.5. The number of hydrogen-bond donors (Lipinski definition) is 4. The van der Waals surface area contributed by atoms with E-state index in [2.05, 4.69) is 22.9 Å². The Morgan fingerprint density at radius 3 is 1.20 bits per heavy atom. The minimum atomic E-state index is -0.116. The first-order valence-corrected chi connectivity index (χ1v) is 19.3. The third kappa shape index (κ3) is 29.0. The smallest absolute Gasteiger partial charge is 0.314 e. The summed E-state index contributed by atoms with van der Waals surface area (Å²) in [5.74, 6) is 0.634. The van der Waals surface area contributed by atoms with E-state index in [1.54, 1.807) is 12.1 Å². The number of phenolic OH excluding ortho intramolecular Hbond substituents is 1. The Hall–Kier alpha value is -2.44. The standard InChI is InChI=1S/C39H71N3O4/c1-2-3-4-5-6-7-8-9-10-11-12-13-17-20-23-26-33-41-39(45)42-34-27-24-21-18-15-14-16-19-22-25-32-40-38(44)35-46-37-30-28-36(43)29-31-37/h28-31,43H,2-27,32-35H2,1H3,(H,40,44)(H2,41,42,45). The molecule has 0 heterocycles. The summed E-state index contributed by atoms with van der Waals surface area (Å²) in [4.78, 5) is 23.8. The zero-order valence-electron chi connectivity index (χ0n) is 29.7. The molecule has 0 aliphatic rings. The summed E-state index contributed by atoms with van der Waals surface area (Å²) in [5.41, 5.74) is 0. The van der Waals surface area contributed by atoms with Crippen LogP contribution in [-0.4, -0.2) is 43.3 Å². The second-order valence-electron chi connectivity index (χ2n) is 13.2. The number of urea groups is 1. The van der Waals surface area contributed by atoms with Gasteiger partial charge in [-0.2, -0.15) is 0 Å². The molecule has 0 spiro atoms. The lowest BCUT2D eigenvalue weighted by molar-refractivity contribution is -0.123. The molecule has 46 heavy (non-hydrogen) atoms. The summed E-state index contributed by atoms with van der Waals surface area (Å²) in [6.45, 7) is 4.52. The SMILES string of the molecule is CCCCCCCCCCCCCCCCCCNC(=O)NCCCCCCCCCCCCNC(=O)COc1ccc(O)cc1. The summed E-state index contributed by atoms with van der Waals surface area (Å²) in [5, 5.41) is 18.2. The van der Waals surface area contributed by atoms with E-state index in [9.17, 15) is 14.7 Å². The predicted molar refractivity (Wildman–Crippen MR) is 194 cm³/mol. The highest BCUT2D eigenvalue weighted by Crippen LogP contribution is 2.16. The molecule has 4 N–H and O–H groups in total. The van der Waals surface area contributed by atoms with Gasteiger partial charge in [0.2, 0.25) is 0 Å². The van der Waals surface area contributed by atoms with Gasteiger partial charge in [0.15, 0.2) is 6.61 Å². The van der Waals surface area contributed by atoms with Crippen LogP contribution in [0.5, 0.6) is 11.5 Å². The lowest BCUT2D eigenvalue weighted by Crippen LogP contribution is -2.36. The molecule has 7 heteroatoms. The number of unbranched alkanes of at least 4 members (excludes halogenated alkanes) is 24. The third-order valence-corrected chi connectivity index (χ3v) is 8.73. The molecule has 0 unspecified atom stereocenters. The Labute approximate surface area is 282 Å². The normalized spacial score (nSPS) is 11.0. The van der Waals surface area contributed by atoms with Crippen molar-refractivity contribution in [3.8, 4) is 11.5 Å². The van der Waals surface area contributed by atoms with Crippen LogP contribution < -0.4 is 20.7 Å². The molecular weight excluding hydrogens is 574 g/mol. The van der Waals surface area contributed by atoms with Crippen LogP contribution in [0, 0.1) is 0 Å². The van der Waals surface area contributed by atoms with Gasteiger partial charge < -0.3 is 25.8 Å². The van der Waals surface area contributed by atoms with Crippen molar-refractivity contribution >= 4 is 11.9 Å². The monoisotopic (exact) mass is 646 g/mol. The molecule has 0 saturated heterocycles. The number of rotatable bonds is 33. The van der Waals surface area contributed by atoms with Crippen molar-refractivity contribution in [2.24, 2.45) is 0 Å². The van der Waals surface area contributed by atoms with Crippen molar-refractivity contribution in [3.63, 3.8) is 0 Å². The zero-order valence-corrected chi connectivity index (χ0v) is 29.7. The minimum absolute atomic E-state index is 0.00630. The Morgan fingerprint density at radius 2 is 0.826 bits per heavy atom. The fraction of sp³-hybridized carbons (Fsp3) is 0.795. The molecule has 0 aliphatic carbocycles. The van der Waals surface area contributed by atoms with E-state index in [0.717, 1.165) is 38.8 Å². The fourth-order valence-corrected chi connectivity index (χ4v) is 5.77. The first kappa shape index (κ1) is 41.6. The maximum absolute atomic E-state index is 12.0. The number of carbonyl (C=O) groups excluding carboxylic acids is 2. The van der Waals surface area contributed by atoms with Crippen LogP contribution >= 0.6 is 0 Å². The quantitative estimate of drug-likeness (QED) is 0.0572. The number of amides is 3. The van der Waals surface area contributed by atoms with Gasteiger partial charge in [-0.15, -0.1) is 0 Å². The fourth-order valence-electron chi connectivity index (χ4n) is 5.77. The van der Waals surface area contributed by atoms with Crippen LogP contribution in [0.1, 0.15) is 174 Å². The zero-order chi connectivity index (χ0) is 33.2. The van der Waals surface area contributed by atoms with Gasteiger partial charge in [-0.05, 0) is 43.5 Å². The van der Waals surface area contributed by atoms with Gasteiger partial charge in [-0.25, -0.2) is 4.79 Å². The Morgan fingerprint density at radius 1 is 0.500 bits per heavy atom. The van der Waals surface area contributed by atoms with Crippen LogP contribution in [0.2, 0.25) is 0 Å². The second-order valence-corrected chi connectivity index (χ2v) is 13.2. The molecule has 1 rings (SSSR count). The summed E-state index contributed by atoms with van der Waals surface area (Å²) in [7, 11) is 0. The molecule has 1 aromatic carbocycles. The molecular formula is C39H71N3O4. The van der Waals surface area contributed by atoms with Gasteiger partial charge in [0.05, 0.1) is 0 Å². The Balaban J connectivity index is 1.71. The second kappa shape index (κ2) is 32.5. The number of ether oxygens (including phenoxy) is 1. The molecule has 0 fully saturated rings. The number of nitrogens with one attached hydrogen (secondary N) is 3. The van der Waals surface area contributed by atoms with Crippen LogP contribution in [0.15, 0.2) is 24.3 Å². The lowest BCUT2D eigenvalue weighted by Gasteiger charge is -2.08. The van der Waals surface area contributed by atoms with Gasteiger partial charge in [-0.3, -0.25) is 4.79 Å². The van der Waals surface area contributed by atoms with Crippen LogP contribution in [-0.2, 0) is 4.79 Å². The van der Waals surface area contributed by atoms with E-state index in [4.69, 9.17) is 4.74 Å². The molecule has 0 radical (unpaired) electrons. The van der Waals surface area contributed by atoms with E-state index in [1.807, 2.05) is 0 Å². The Kier molecular flexibility index (Phi) is 29.4. The maximum atomic E-state index is 12.0. The lowest BCUT2D eigenvalue weighted by atomic mass is 10.0. The molecule has 0 saturated carbocycles. The van der Waals surface area contributed by atoms with Gasteiger partial charge >= 0.3 is 6.03 Å². The highest BCUT2D eigenvalue weighted by molar-refractivity contribution is 5.77. The van der Waals surface area contributed by atoms with Crippen molar-refractivity contribution < 1.29 is 19.4 Å². The Bertz CT molecular complexity index is 818. The summed E-state index contributed by atoms with van der Waals surface area (Å²) >= 11 is 0. The van der Waals surface area contributed by atoms with Crippen molar-refractivity contribution in [1.29, 1.82) is 0 Å². The average molecular weight is 646 g/mol. The number of phenols is 1. The van der Waals surface area contributed by atoms with Crippen molar-refractivity contribution in [1.82, 2.24) is 16.0 Å². The minimum Gasteiger partial charge on any atom is -0.508 e. The summed E-state index contributed by atoms with van der Waals surface area (Å²) < 4.78 is 5.40. The summed E-state index contributed by atoms with van der Waals surface area (Å²) in [6, 6.07) is 6.35. The molecule has 0 atom stereocenters. The molecule has 0 aliphatic heterocycles. The van der Waals surface area contributed by atoms with E-state index >= 15 is 0 Å². The first-order valence-electron chi connectivity index (χ1n) is 19.3. The van der Waals surface area contributed by atoms with Crippen LogP contribution in [0.3, 0.4) is 0 Å². The molecule has 3 amide bonds. The number of benzene rings is 1. The number of aromatic hydroxyl groups is 1. The van der Waals surface area contributed by atoms with Crippen LogP contribution in [0.4, 0.5) is 4.79 Å². The van der Waals surface area contributed by atoms with Gasteiger partial charge in [0.25, 0.3) is 5.91 Å². The van der Waals surface area contributed by atoms with Gasteiger partial charge in [0, 0.05) is 19.6 Å². The molecule has 0 bridgehead atoms. The van der Waals surface area contributed by atoms with E-state index < -0.39 is 0 Å². The molecule has 266 valence electrons. The predicted octanol–water partition coefficient (Wildman–Crippen LogP) is 10.3. The van der Waals surface area contributed by atoms with Crippen molar-refractivity contribution in [2.45, 2.75) is 174 Å². The third-order valence-electron chi connectivity index (χ3n) is 8.73. The topological polar surface area (TPSA) is 99.7 Å². The average Bonchev–Trinajstić information content (AvgIpc) is 3.06. The van der Waals surface area contributed by atoms with Crippen molar-refractivity contribution in [2.75, 3.05) is 26.2 Å². The molecule has 7 nitrogen and oxygen atoms in total. The van der Waals surface area contributed by atoms with E-state index in [-0.39, 0.29) is 24.3 Å². The van der Waals surface area contributed by atoms with Gasteiger partial charge in [-0.1, -0.05) is 155 Å². The first-order chi connectivity index (χ1) is 22.6. The maximum Gasteiger partial charge on any atom is 0.314 e. The number of hydrogen-bond acceptors (Lipinski definition) is 4. The van der Waals surface area contributed by atoms with E-state index in [0.29, 0.717) is 12.3 Å². The molecule has 1 aromatic rings. The molecule has 0 aromatic heterocycles. The largest absolute Gasteiger partial charge is 0.508 e. The van der Waals surface area contributed by atoms with Crippen molar-refractivity contribution in [3.05, 3.63) is 24.3 Å². The van der Waals surface area contributed by atoms with Crippen LogP contribution in [0.25, 0.3) is 0 Å². The van der Waals surface area contributed by atoms with Gasteiger partial charge in [0.1, 0.15) is 11.5 Å². The number of carbonyl (C=O) groups is 2.